The van der Waals surface area contributed by atoms with Crippen LogP contribution in [-0.4, -0.2) is 40.1 Å². The van der Waals surface area contributed by atoms with Crippen molar-refractivity contribution in [2.24, 2.45) is 0 Å². The molecule has 0 radical (unpaired) electrons. The minimum Gasteiger partial charge on any atom is -0.354 e. The van der Waals surface area contributed by atoms with Gasteiger partial charge in [0, 0.05) is 18.5 Å². The summed E-state index contributed by atoms with van der Waals surface area (Å²) in [6.45, 7) is 7.02. The summed E-state index contributed by atoms with van der Waals surface area (Å²) in [5.74, 6) is -0.0555. The Balaban J connectivity index is 1.81. The normalized spacial score (nSPS) is 18.2. The second-order valence-corrected chi connectivity index (χ2v) is 8.24. The molecule has 7 nitrogen and oxygen atoms in total. The first-order chi connectivity index (χ1) is 12.3. The van der Waals surface area contributed by atoms with Crippen molar-refractivity contribution < 1.29 is 9.59 Å². The van der Waals surface area contributed by atoms with Crippen molar-refractivity contribution in [3.05, 3.63) is 40.9 Å². The van der Waals surface area contributed by atoms with E-state index in [4.69, 9.17) is 0 Å². The van der Waals surface area contributed by atoms with Gasteiger partial charge < -0.3 is 10.2 Å². The number of carbonyl (C=O) groups excluding carboxylic acids is 2. The number of hydrogen-bond donors (Lipinski definition) is 2. The molecular weight excluding hydrogens is 350 g/mol. The Morgan fingerprint density at radius 3 is 2.65 bits per heavy atom. The summed E-state index contributed by atoms with van der Waals surface area (Å²) < 4.78 is 0. The molecular formula is C18H23N5O2S. The average Bonchev–Trinajstić information content (AvgIpc) is 2.98. The van der Waals surface area contributed by atoms with E-state index in [0.717, 1.165) is 10.6 Å². The molecule has 0 saturated carbocycles. The van der Waals surface area contributed by atoms with Gasteiger partial charge in [0.15, 0.2) is 0 Å². The third kappa shape index (κ3) is 4.19. The van der Waals surface area contributed by atoms with E-state index in [-0.39, 0.29) is 29.8 Å². The van der Waals surface area contributed by atoms with E-state index in [9.17, 15) is 9.59 Å². The molecule has 1 aliphatic heterocycles. The van der Waals surface area contributed by atoms with Gasteiger partial charge in [-0.3, -0.25) is 10.1 Å². The summed E-state index contributed by atoms with van der Waals surface area (Å²) in [5, 5.41) is 15.2. The van der Waals surface area contributed by atoms with Gasteiger partial charge in [-0.15, -0.1) is 10.2 Å². The van der Waals surface area contributed by atoms with Crippen molar-refractivity contribution in [3.63, 3.8) is 0 Å². The Morgan fingerprint density at radius 1 is 1.27 bits per heavy atom. The quantitative estimate of drug-likeness (QED) is 0.847. The predicted molar refractivity (Wildman–Crippen MR) is 101 cm³/mol. The number of urea groups is 1. The number of nitrogens with one attached hydrogen (secondary N) is 2. The lowest BCUT2D eigenvalue weighted by atomic mass is 9.98. The van der Waals surface area contributed by atoms with Crippen molar-refractivity contribution in [1.29, 1.82) is 0 Å². The van der Waals surface area contributed by atoms with E-state index in [1.807, 2.05) is 30.3 Å². The lowest BCUT2D eigenvalue weighted by molar-refractivity contribution is -0.121. The smallest absolute Gasteiger partial charge is 0.324 e. The molecule has 0 aliphatic carbocycles. The Kier molecular flexibility index (Phi) is 5.22. The molecule has 3 amide bonds. The molecule has 138 valence electrons. The molecule has 1 atom stereocenters. The first kappa shape index (κ1) is 18.3. The van der Waals surface area contributed by atoms with E-state index in [2.05, 4.69) is 41.6 Å². The zero-order chi connectivity index (χ0) is 18.7. The highest BCUT2D eigenvalue weighted by Crippen LogP contribution is 2.29. The summed E-state index contributed by atoms with van der Waals surface area (Å²) in [6, 6.07) is 9.03. The molecule has 2 aromatic rings. The largest absolute Gasteiger partial charge is 0.354 e. The SMILES string of the molecule is CC(C)(C)c1nnc(NC(=O)N2CCNC(=O)C[C@@H]2c2ccccc2)s1. The third-order valence-corrected chi connectivity index (χ3v) is 5.42. The number of rotatable bonds is 2. The highest BCUT2D eigenvalue weighted by atomic mass is 32.1. The van der Waals surface area contributed by atoms with Gasteiger partial charge in [0.1, 0.15) is 5.01 Å². The van der Waals surface area contributed by atoms with Crippen molar-refractivity contribution in [2.75, 3.05) is 18.4 Å². The van der Waals surface area contributed by atoms with Gasteiger partial charge in [0.05, 0.1) is 12.5 Å². The fraction of sp³-hybridized carbons (Fsp3) is 0.444. The van der Waals surface area contributed by atoms with Gasteiger partial charge in [-0.1, -0.05) is 62.4 Å². The first-order valence-corrected chi connectivity index (χ1v) is 9.39. The average molecular weight is 373 g/mol. The van der Waals surface area contributed by atoms with Crippen LogP contribution in [-0.2, 0) is 10.2 Å². The van der Waals surface area contributed by atoms with E-state index in [0.29, 0.717) is 18.2 Å². The van der Waals surface area contributed by atoms with Crippen molar-refractivity contribution >= 4 is 28.4 Å². The standard InChI is InChI=1S/C18H23N5O2S/c1-18(2,3)15-21-22-16(26-15)20-17(25)23-10-9-19-14(24)11-13(23)12-7-5-4-6-8-12/h4-8,13H,9-11H2,1-3H3,(H,19,24)(H,20,22,25)/t13-/m1/s1. The molecule has 2 heterocycles. The van der Waals surface area contributed by atoms with Gasteiger partial charge >= 0.3 is 6.03 Å². The van der Waals surface area contributed by atoms with Crippen molar-refractivity contribution in [2.45, 2.75) is 38.6 Å². The van der Waals surface area contributed by atoms with E-state index in [1.54, 1.807) is 4.90 Å². The van der Waals surface area contributed by atoms with Gasteiger partial charge in [0.25, 0.3) is 0 Å². The van der Waals surface area contributed by atoms with Gasteiger partial charge in [0.2, 0.25) is 11.0 Å². The fourth-order valence-corrected chi connectivity index (χ4v) is 3.58. The maximum absolute atomic E-state index is 12.9. The van der Waals surface area contributed by atoms with Crippen LogP contribution in [0.25, 0.3) is 0 Å². The minimum absolute atomic E-state index is 0.0555. The monoisotopic (exact) mass is 373 g/mol. The van der Waals surface area contributed by atoms with Gasteiger partial charge in [-0.2, -0.15) is 0 Å². The summed E-state index contributed by atoms with van der Waals surface area (Å²) in [4.78, 5) is 26.6. The first-order valence-electron chi connectivity index (χ1n) is 8.58. The molecule has 0 unspecified atom stereocenters. The molecule has 8 heteroatoms. The van der Waals surface area contributed by atoms with Crippen LogP contribution in [0.5, 0.6) is 0 Å². The Morgan fingerprint density at radius 2 is 2.00 bits per heavy atom. The second-order valence-electron chi connectivity index (χ2n) is 7.27. The number of nitrogens with zero attached hydrogens (tertiary/aromatic N) is 3. The Hall–Kier alpha value is -2.48. The zero-order valence-electron chi connectivity index (χ0n) is 15.2. The maximum atomic E-state index is 12.9. The molecule has 2 N–H and O–H groups in total. The summed E-state index contributed by atoms with van der Waals surface area (Å²) in [7, 11) is 0. The van der Waals surface area contributed by atoms with Crippen LogP contribution in [0.1, 0.15) is 43.8 Å². The zero-order valence-corrected chi connectivity index (χ0v) is 16.0. The molecule has 1 aromatic heterocycles. The van der Waals surface area contributed by atoms with Crippen LogP contribution in [0.2, 0.25) is 0 Å². The van der Waals surface area contributed by atoms with E-state index >= 15 is 0 Å². The lowest BCUT2D eigenvalue weighted by Gasteiger charge is -2.29. The van der Waals surface area contributed by atoms with Crippen LogP contribution < -0.4 is 10.6 Å². The second kappa shape index (κ2) is 7.41. The number of anilines is 1. The fourth-order valence-electron chi connectivity index (χ4n) is 2.79. The molecule has 1 aromatic carbocycles. The molecule has 0 bridgehead atoms. The number of aromatic nitrogens is 2. The summed E-state index contributed by atoms with van der Waals surface area (Å²) in [6.07, 6.45) is 0.237. The predicted octanol–water partition coefficient (Wildman–Crippen LogP) is 2.93. The molecule has 1 fully saturated rings. The Labute approximate surface area is 156 Å². The van der Waals surface area contributed by atoms with Crippen LogP contribution in [0, 0.1) is 0 Å². The van der Waals surface area contributed by atoms with E-state index < -0.39 is 0 Å². The van der Waals surface area contributed by atoms with Crippen LogP contribution in [0.4, 0.5) is 9.93 Å². The highest BCUT2D eigenvalue weighted by Gasteiger charge is 2.30. The minimum atomic E-state index is -0.311. The number of amides is 3. The van der Waals surface area contributed by atoms with Crippen LogP contribution in [0.3, 0.4) is 0 Å². The van der Waals surface area contributed by atoms with E-state index in [1.165, 1.54) is 11.3 Å². The lowest BCUT2D eigenvalue weighted by Crippen LogP contribution is -2.39. The third-order valence-electron chi connectivity index (χ3n) is 4.16. The summed E-state index contributed by atoms with van der Waals surface area (Å²) >= 11 is 1.37. The Bertz CT molecular complexity index is 784. The molecule has 26 heavy (non-hydrogen) atoms. The molecule has 0 spiro atoms. The highest BCUT2D eigenvalue weighted by molar-refractivity contribution is 7.15. The summed E-state index contributed by atoms with van der Waals surface area (Å²) in [5.41, 5.74) is 0.818. The van der Waals surface area contributed by atoms with Gasteiger partial charge in [-0.05, 0) is 5.56 Å². The van der Waals surface area contributed by atoms with Crippen LogP contribution >= 0.6 is 11.3 Å². The number of benzene rings is 1. The van der Waals surface area contributed by atoms with Crippen molar-refractivity contribution in [3.8, 4) is 0 Å². The maximum Gasteiger partial charge on any atom is 0.324 e. The number of hydrogen-bond acceptors (Lipinski definition) is 5. The van der Waals surface area contributed by atoms with Crippen LogP contribution in [0.15, 0.2) is 30.3 Å². The molecule has 3 rings (SSSR count). The molecule has 1 saturated heterocycles. The topological polar surface area (TPSA) is 87.2 Å². The van der Waals surface area contributed by atoms with Crippen molar-refractivity contribution in [1.82, 2.24) is 20.4 Å². The number of carbonyl (C=O) groups is 2. The molecule has 1 aliphatic rings. The van der Waals surface area contributed by atoms with Gasteiger partial charge in [-0.25, -0.2) is 4.79 Å².